The summed E-state index contributed by atoms with van der Waals surface area (Å²) in [6, 6.07) is 15.3. The van der Waals surface area contributed by atoms with Gasteiger partial charge in [-0.3, -0.25) is 4.99 Å². The molecule has 0 heterocycles. The van der Waals surface area contributed by atoms with E-state index in [9.17, 15) is 0 Å². The topological polar surface area (TPSA) is 47.6 Å². The van der Waals surface area contributed by atoms with Gasteiger partial charge in [0.2, 0.25) is 0 Å². The smallest absolute Gasteiger partial charge is 0.0741 e. The highest BCUT2D eigenvalue weighted by atomic mass is 35.5. The molecule has 2 rings (SSSR count). The maximum atomic E-state index is 6.07. The molecule has 0 bridgehead atoms. The molecule has 2 N–H and O–H groups in total. The number of benzene rings is 2. The normalized spacial score (nSPS) is 11.6. The van der Waals surface area contributed by atoms with E-state index in [1.165, 1.54) is 0 Å². The lowest BCUT2D eigenvalue weighted by atomic mass is 10.0. The summed E-state index contributed by atoms with van der Waals surface area (Å²) in [5.74, 6) is 0. The van der Waals surface area contributed by atoms with E-state index in [1.54, 1.807) is 19.2 Å². The molecule has 0 aliphatic heterocycles. The molecule has 0 radical (unpaired) electrons. The highest BCUT2D eigenvalue weighted by Gasteiger charge is 2.10. The molecular weight excluding hydrogens is 272 g/mol. The minimum Gasteiger partial charge on any atom is -0.398 e. The Kier molecular flexibility index (Phi) is 5.16. The number of aliphatic imine (C=N–C) groups is 1. The van der Waals surface area contributed by atoms with Gasteiger partial charge in [-0.25, -0.2) is 0 Å². The van der Waals surface area contributed by atoms with Crippen molar-refractivity contribution < 1.29 is 4.74 Å². The Morgan fingerprint density at radius 1 is 1.20 bits per heavy atom. The second-order valence-corrected chi connectivity index (χ2v) is 4.76. The summed E-state index contributed by atoms with van der Waals surface area (Å²) in [4.78, 5) is 4.61. The third-order valence-electron chi connectivity index (χ3n) is 2.88. The maximum absolute atomic E-state index is 6.07. The van der Waals surface area contributed by atoms with E-state index >= 15 is 0 Å². The van der Waals surface area contributed by atoms with Crippen LogP contribution in [-0.4, -0.2) is 26.0 Å². The van der Waals surface area contributed by atoms with Crippen LogP contribution in [0.3, 0.4) is 0 Å². The third kappa shape index (κ3) is 3.59. The van der Waals surface area contributed by atoms with E-state index in [2.05, 4.69) is 4.99 Å². The lowest BCUT2D eigenvalue weighted by Gasteiger charge is -2.11. The van der Waals surface area contributed by atoms with Gasteiger partial charge in [-0.15, -0.1) is 0 Å². The molecule has 0 saturated carbocycles. The third-order valence-corrected chi connectivity index (χ3v) is 3.12. The lowest BCUT2D eigenvalue weighted by molar-refractivity contribution is 0.208. The fourth-order valence-corrected chi connectivity index (χ4v) is 2.08. The number of anilines is 1. The van der Waals surface area contributed by atoms with Gasteiger partial charge in [0.25, 0.3) is 0 Å². The van der Waals surface area contributed by atoms with E-state index in [4.69, 9.17) is 22.1 Å². The van der Waals surface area contributed by atoms with Crippen LogP contribution in [0, 0.1) is 0 Å². The van der Waals surface area contributed by atoms with E-state index < -0.39 is 0 Å². The van der Waals surface area contributed by atoms with Crippen molar-refractivity contribution in [3.8, 4) is 0 Å². The number of hydrogen-bond donors (Lipinski definition) is 1. The van der Waals surface area contributed by atoms with Gasteiger partial charge in [0.05, 0.1) is 18.9 Å². The predicted octanol–water partition coefficient (Wildman–Crippen LogP) is 3.41. The van der Waals surface area contributed by atoms with Crippen LogP contribution in [0.4, 0.5) is 5.69 Å². The lowest BCUT2D eigenvalue weighted by Crippen LogP contribution is -2.09. The van der Waals surface area contributed by atoms with Crippen molar-refractivity contribution in [2.75, 3.05) is 26.0 Å². The molecule has 0 atom stereocenters. The average molecular weight is 289 g/mol. The van der Waals surface area contributed by atoms with Gasteiger partial charge in [-0.2, -0.15) is 0 Å². The Morgan fingerprint density at radius 2 is 1.95 bits per heavy atom. The number of nitrogen functional groups attached to an aromatic ring is 1. The molecule has 0 spiro atoms. The molecule has 2 aromatic carbocycles. The zero-order valence-electron chi connectivity index (χ0n) is 11.3. The Hall–Kier alpha value is -1.84. The highest BCUT2D eigenvalue weighted by Crippen LogP contribution is 2.22. The van der Waals surface area contributed by atoms with Crippen LogP contribution in [0.25, 0.3) is 0 Å². The van der Waals surface area contributed by atoms with Gasteiger partial charge in [-0.05, 0) is 18.2 Å². The minimum atomic E-state index is 0.566. The maximum Gasteiger partial charge on any atom is 0.0741 e. The van der Waals surface area contributed by atoms with Crippen molar-refractivity contribution >= 4 is 23.0 Å². The van der Waals surface area contributed by atoms with Gasteiger partial charge in [0, 0.05) is 28.9 Å². The van der Waals surface area contributed by atoms with Crippen molar-refractivity contribution in [2.45, 2.75) is 0 Å². The first kappa shape index (κ1) is 14.6. The summed E-state index contributed by atoms with van der Waals surface area (Å²) in [7, 11) is 1.66. The predicted molar refractivity (Wildman–Crippen MR) is 84.7 cm³/mol. The van der Waals surface area contributed by atoms with Crippen molar-refractivity contribution in [3.63, 3.8) is 0 Å². The fraction of sp³-hybridized carbons (Fsp3) is 0.188. The number of rotatable bonds is 5. The minimum absolute atomic E-state index is 0.566. The molecule has 0 aliphatic carbocycles. The van der Waals surface area contributed by atoms with Crippen LogP contribution < -0.4 is 5.73 Å². The van der Waals surface area contributed by atoms with Crippen LogP contribution in [0.1, 0.15) is 11.1 Å². The number of hydrogen-bond acceptors (Lipinski definition) is 3. The van der Waals surface area contributed by atoms with Crippen molar-refractivity contribution in [3.05, 3.63) is 64.7 Å². The summed E-state index contributed by atoms with van der Waals surface area (Å²) >= 11 is 6.07. The first-order valence-corrected chi connectivity index (χ1v) is 6.74. The van der Waals surface area contributed by atoms with Gasteiger partial charge >= 0.3 is 0 Å². The van der Waals surface area contributed by atoms with E-state index in [-0.39, 0.29) is 0 Å². The SMILES string of the molecule is COCCN=C(c1ccccc1)c1cc(Cl)ccc1N. The summed E-state index contributed by atoms with van der Waals surface area (Å²) < 4.78 is 5.05. The summed E-state index contributed by atoms with van der Waals surface area (Å²) in [6.07, 6.45) is 0. The van der Waals surface area contributed by atoms with E-state index in [1.807, 2.05) is 36.4 Å². The highest BCUT2D eigenvalue weighted by molar-refractivity contribution is 6.31. The summed E-state index contributed by atoms with van der Waals surface area (Å²) in [5, 5.41) is 0.643. The Labute approximate surface area is 124 Å². The number of nitrogens with two attached hydrogens (primary N) is 1. The Morgan fingerprint density at radius 3 is 2.65 bits per heavy atom. The van der Waals surface area contributed by atoms with Gasteiger partial charge < -0.3 is 10.5 Å². The molecule has 0 aromatic heterocycles. The number of methoxy groups -OCH3 is 1. The largest absolute Gasteiger partial charge is 0.398 e. The Bertz CT molecular complexity index is 597. The molecule has 0 unspecified atom stereocenters. The number of nitrogens with zero attached hydrogens (tertiary/aromatic N) is 1. The molecule has 3 nitrogen and oxygen atoms in total. The average Bonchev–Trinajstić information content (AvgIpc) is 2.48. The number of halogens is 1. The van der Waals surface area contributed by atoms with Gasteiger partial charge in [0.1, 0.15) is 0 Å². The van der Waals surface area contributed by atoms with Gasteiger partial charge in [0.15, 0.2) is 0 Å². The quantitative estimate of drug-likeness (QED) is 0.521. The van der Waals surface area contributed by atoms with Crippen LogP contribution in [0.5, 0.6) is 0 Å². The van der Waals surface area contributed by atoms with E-state index in [0.717, 1.165) is 16.8 Å². The van der Waals surface area contributed by atoms with Crippen LogP contribution in [0.15, 0.2) is 53.5 Å². The molecule has 0 saturated heterocycles. The summed E-state index contributed by atoms with van der Waals surface area (Å²) in [6.45, 7) is 1.14. The zero-order chi connectivity index (χ0) is 14.4. The molecular formula is C16H17ClN2O. The second kappa shape index (κ2) is 7.08. The monoisotopic (exact) mass is 288 g/mol. The van der Waals surface area contributed by atoms with Crippen LogP contribution >= 0.6 is 11.6 Å². The van der Waals surface area contributed by atoms with Crippen molar-refractivity contribution in [2.24, 2.45) is 4.99 Å². The first-order chi connectivity index (χ1) is 9.72. The molecule has 0 aliphatic rings. The van der Waals surface area contributed by atoms with Crippen molar-refractivity contribution in [1.29, 1.82) is 0 Å². The fourth-order valence-electron chi connectivity index (χ4n) is 1.91. The molecule has 20 heavy (non-hydrogen) atoms. The first-order valence-electron chi connectivity index (χ1n) is 6.36. The molecule has 0 fully saturated rings. The zero-order valence-corrected chi connectivity index (χ0v) is 12.1. The summed E-state index contributed by atoms with van der Waals surface area (Å²) in [5.41, 5.74) is 9.42. The van der Waals surface area contributed by atoms with Gasteiger partial charge in [-0.1, -0.05) is 41.9 Å². The Balaban J connectivity index is 2.46. The molecule has 0 amide bonds. The second-order valence-electron chi connectivity index (χ2n) is 4.32. The van der Waals surface area contributed by atoms with Crippen LogP contribution in [-0.2, 0) is 4.74 Å². The standard InChI is InChI=1S/C16H17ClN2O/c1-20-10-9-19-16(12-5-3-2-4-6-12)14-11-13(17)7-8-15(14)18/h2-8,11H,9-10,18H2,1H3. The van der Waals surface area contributed by atoms with Crippen molar-refractivity contribution in [1.82, 2.24) is 0 Å². The molecule has 104 valence electrons. The molecule has 4 heteroatoms. The van der Waals surface area contributed by atoms with E-state index in [0.29, 0.717) is 23.9 Å². The number of ether oxygens (including phenoxy) is 1. The molecule has 2 aromatic rings. The van der Waals surface area contributed by atoms with Crippen LogP contribution in [0.2, 0.25) is 5.02 Å².